The molecule has 0 saturated carbocycles. The minimum Gasteiger partial charge on any atom is -0.462 e. The molecule has 12 heteroatoms. The number of nitrogens with one attached hydrogen (secondary N) is 2. The lowest BCUT2D eigenvalue weighted by Gasteiger charge is -2.09. The molecule has 10 rings (SSSR count). The molecule has 0 fully saturated rings. The molecule has 0 radical (unpaired) electrons. The van der Waals surface area contributed by atoms with Crippen molar-refractivity contribution in [3.63, 3.8) is 0 Å². The zero-order chi connectivity index (χ0) is 47.4. The zero-order valence-electron chi connectivity index (χ0n) is 37.9. The van der Waals surface area contributed by atoms with Gasteiger partial charge in [-0.05, 0) is 152 Å². The summed E-state index contributed by atoms with van der Waals surface area (Å²) in [6.07, 6.45) is 11.5. The number of carbonyl (C=O) groups excluding carboxylic acids is 3. The van der Waals surface area contributed by atoms with Gasteiger partial charge < -0.3 is 24.2 Å². The van der Waals surface area contributed by atoms with E-state index in [-0.39, 0.29) is 19.8 Å². The first kappa shape index (κ1) is 43.8. The normalized spacial score (nSPS) is 11.6. The second-order valence-corrected chi connectivity index (χ2v) is 16.0. The van der Waals surface area contributed by atoms with Gasteiger partial charge in [-0.2, -0.15) is 0 Å². The van der Waals surface area contributed by atoms with E-state index in [0.29, 0.717) is 45.2 Å². The monoisotopic (exact) mass is 908 g/mol. The Labute approximate surface area is 397 Å². The first-order chi connectivity index (χ1) is 33.8. The molecule has 5 aromatic heterocycles. The summed E-state index contributed by atoms with van der Waals surface area (Å²) in [4.78, 5) is 65.9. The number of ether oxygens (including phenoxy) is 3. The first-order valence-corrected chi connectivity index (χ1v) is 22.7. The van der Waals surface area contributed by atoms with Crippen molar-refractivity contribution in [2.75, 3.05) is 19.8 Å². The van der Waals surface area contributed by atoms with E-state index in [0.717, 1.165) is 72.3 Å². The summed E-state index contributed by atoms with van der Waals surface area (Å²) in [6.45, 7) is 6.13. The number of pyridine rings is 2. The summed E-state index contributed by atoms with van der Waals surface area (Å²) in [7, 11) is 0. The molecule has 0 atom stereocenters. The molecule has 0 amide bonds. The second kappa shape index (κ2) is 19.1. The fourth-order valence-electron chi connectivity index (χ4n) is 8.62. The Kier molecular flexibility index (Phi) is 12.1. The van der Waals surface area contributed by atoms with Gasteiger partial charge in [-0.3, -0.25) is 9.97 Å². The second-order valence-electron chi connectivity index (χ2n) is 16.0. The number of rotatable bonds is 11. The van der Waals surface area contributed by atoms with Crippen LogP contribution < -0.4 is 0 Å². The van der Waals surface area contributed by atoms with Crippen molar-refractivity contribution in [2.45, 2.75) is 20.8 Å². The highest BCUT2D eigenvalue weighted by molar-refractivity contribution is 6.01. The van der Waals surface area contributed by atoms with Gasteiger partial charge in [-0.1, -0.05) is 42.5 Å². The van der Waals surface area contributed by atoms with Gasteiger partial charge in [0.25, 0.3) is 0 Å². The summed E-state index contributed by atoms with van der Waals surface area (Å²) in [5.74, 6) is -1.22. The average Bonchev–Trinajstić information content (AvgIpc) is 4.24. The molecule has 8 bridgehead atoms. The Morgan fingerprint density at radius 2 is 0.768 bits per heavy atom. The van der Waals surface area contributed by atoms with Gasteiger partial charge in [0.05, 0.1) is 70.7 Å². The van der Waals surface area contributed by atoms with E-state index in [2.05, 4.69) is 15.0 Å². The number of hydrogen-bond donors (Lipinski definition) is 2. The van der Waals surface area contributed by atoms with Crippen LogP contribution in [0.2, 0.25) is 0 Å². The predicted molar refractivity (Wildman–Crippen MR) is 269 cm³/mol. The van der Waals surface area contributed by atoms with Crippen molar-refractivity contribution in [2.24, 2.45) is 0 Å². The van der Waals surface area contributed by atoms with Crippen molar-refractivity contribution in [1.82, 2.24) is 29.9 Å². The van der Waals surface area contributed by atoms with E-state index in [1.807, 2.05) is 115 Å². The number of H-pyrrole nitrogens is 2. The zero-order valence-corrected chi connectivity index (χ0v) is 37.9. The molecule has 0 saturated heterocycles. The van der Waals surface area contributed by atoms with Gasteiger partial charge >= 0.3 is 17.9 Å². The number of carbonyl (C=O) groups is 3. The Bertz CT molecular complexity index is 3460. The fourth-order valence-corrected chi connectivity index (χ4v) is 8.62. The van der Waals surface area contributed by atoms with Gasteiger partial charge in [0.15, 0.2) is 0 Å². The third kappa shape index (κ3) is 8.74. The molecule has 2 aliphatic heterocycles. The number of nitrogens with zero attached hydrogens (tertiary/aromatic N) is 4. The summed E-state index contributed by atoms with van der Waals surface area (Å²) in [5, 5.41) is 0. The van der Waals surface area contributed by atoms with E-state index >= 15 is 0 Å². The Hall–Kier alpha value is -9.03. The Balaban J connectivity index is 1.30. The highest BCUT2D eigenvalue weighted by atomic mass is 16.5. The highest BCUT2D eigenvalue weighted by Gasteiger charge is 2.21. The van der Waals surface area contributed by atoms with Crippen LogP contribution in [0.3, 0.4) is 0 Å². The SMILES string of the molecule is CCOC(=O)c1ccc(-c2c3nc(c(-c4ccc(C(=O)OCC)cc4)c4ccc([nH]4)c(-c4ccnc(-c5ccccn5)c4)c4nc(c(-c5ccc(C(=O)OCC)cc5)c5ccc2[nH]5)C=C4)C=C3)cc1. The summed E-state index contributed by atoms with van der Waals surface area (Å²) in [6, 6.07) is 39.7. The third-order valence-corrected chi connectivity index (χ3v) is 11.8. The maximum absolute atomic E-state index is 12.8. The molecule has 8 aromatic rings. The molecule has 7 heterocycles. The van der Waals surface area contributed by atoms with Gasteiger partial charge in [0.1, 0.15) is 0 Å². The van der Waals surface area contributed by atoms with Gasteiger partial charge in [-0.15, -0.1) is 0 Å². The van der Waals surface area contributed by atoms with E-state index in [4.69, 9.17) is 29.2 Å². The number of esters is 3. The molecule has 0 aliphatic carbocycles. The number of aromatic nitrogens is 6. The molecule has 2 aliphatic rings. The van der Waals surface area contributed by atoms with Crippen LogP contribution in [0.25, 0.3) is 102 Å². The summed E-state index contributed by atoms with van der Waals surface area (Å²) in [5.41, 5.74) is 15.0. The molecular weight excluding hydrogens is 865 g/mol. The van der Waals surface area contributed by atoms with E-state index in [1.54, 1.807) is 69.6 Å². The lowest BCUT2D eigenvalue weighted by Crippen LogP contribution is -2.04. The van der Waals surface area contributed by atoms with Crippen LogP contribution in [0.15, 0.2) is 140 Å². The fraction of sp³-hybridized carbons (Fsp3) is 0.105. The van der Waals surface area contributed by atoms with Crippen molar-refractivity contribution in [3.05, 3.63) is 179 Å². The minimum atomic E-state index is -0.408. The minimum absolute atomic E-state index is 0.260. The topological polar surface area (TPSA) is 162 Å². The molecule has 2 N–H and O–H groups in total. The van der Waals surface area contributed by atoms with Crippen LogP contribution in [-0.2, 0) is 14.2 Å². The first-order valence-electron chi connectivity index (χ1n) is 22.7. The van der Waals surface area contributed by atoms with Crippen LogP contribution in [0.1, 0.15) is 74.6 Å². The molecule has 12 nitrogen and oxygen atoms in total. The number of aromatic amines is 2. The third-order valence-electron chi connectivity index (χ3n) is 11.8. The van der Waals surface area contributed by atoms with Gasteiger partial charge in [-0.25, -0.2) is 24.4 Å². The van der Waals surface area contributed by atoms with Crippen LogP contribution in [0.4, 0.5) is 0 Å². The van der Waals surface area contributed by atoms with Crippen LogP contribution in [0, 0.1) is 0 Å². The molecule has 338 valence electrons. The Morgan fingerprint density at radius 1 is 0.406 bits per heavy atom. The molecule has 0 unspecified atom stereocenters. The maximum Gasteiger partial charge on any atom is 0.338 e. The molecule has 0 spiro atoms. The highest BCUT2D eigenvalue weighted by Crippen LogP contribution is 2.39. The molecular formula is C57H44N6O6. The van der Waals surface area contributed by atoms with Gasteiger partial charge in [0.2, 0.25) is 0 Å². The average molecular weight is 909 g/mol. The lowest BCUT2D eigenvalue weighted by atomic mass is 10.0. The quantitative estimate of drug-likeness (QED) is 0.0943. The van der Waals surface area contributed by atoms with Crippen molar-refractivity contribution in [1.29, 1.82) is 0 Å². The van der Waals surface area contributed by atoms with Crippen molar-refractivity contribution < 1.29 is 28.6 Å². The van der Waals surface area contributed by atoms with Crippen LogP contribution in [-0.4, -0.2) is 67.6 Å². The smallest absolute Gasteiger partial charge is 0.338 e. The number of benzene rings is 3. The lowest BCUT2D eigenvalue weighted by molar-refractivity contribution is 0.0517. The van der Waals surface area contributed by atoms with Crippen molar-refractivity contribution >= 4 is 64.3 Å². The molecule has 3 aromatic carbocycles. The number of fused-ring (bicyclic) bond motifs is 8. The number of hydrogen-bond acceptors (Lipinski definition) is 10. The maximum atomic E-state index is 12.8. The van der Waals surface area contributed by atoms with Crippen LogP contribution in [0.5, 0.6) is 0 Å². The van der Waals surface area contributed by atoms with Crippen LogP contribution >= 0.6 is 0 Å². The largest absolute Gasteiger partial charge is 0.462 e. The van der Waals surface area contributed by atoms with E-state index in [1.165, 1.54) is 0 Å². The molecule has 69 heavy (non-hydrogen) atoms. The summed E-state index contributed by atoms with van der Waals surface area (Å²) < 4.78 is 15.9. The van der Waals surface area contributed by atoms with Crippen molar-refractivity contribution in [3.8, 4) is 55.9 Å². The standard InChI is InChI=1S/C57H44N6O6/c1-4-67-55(64)37-16-10-34(11-17-37)51-42-22-24-44(60-42)52(35-12-18-38(19-13-35)56(65)68-5-2)46-26-28-48(62-46)54(40-30-32-59-50(33-40)41-9-7-8-31-58-41)49-29-27-47(63-49)53(45-25-23-43(51)61-45)36-14-20-39(21-15-36)57(66)69-6-3/h7-33,60,63H,4-6H2,1-3H3. The van der Waals surface area contributed by atoms with E-state index in [9.17, 15) is 14.4 Å². The Morgan fingerprint density at radius 3 is 1.12 bits per heavy atom. The van der Waals surface area contributed by atoms with E-state index < -0.39 is 17.9 Å². The van der Waals surface area contributed by atoms with Gasteiger partial charge in [0, 0.05) is 56.7 Å². The predicted octanol–water partition coefficient (Wildman–Crippen LogP) is 12.3. The summed E-state index contributed by atoms with van der Waals surface area (Å²) >= 11 is 0.